The molecular weight excluding hydrogens is 336 g/mol. The molecule has 2 N–H and O–H groups in total. The predicted octanol–water partition coefficient (Wildman–Crippen LogP) is 1.66. The number of hydrogen-bond donors (Lipinski definition) is 2. The number of pyridine rings is 2. The van der Waals surface area contributed by atoms with Gasteiger partial charge in [0.1, 0.15) is 23.0 Å². The van der Waals surface area contributed by atoms with Gasteiger partial charge in [0, 0.05) is 13.1 Å². The van der Waals surface area contributed by atoms with Crippen LogP contribution in [0.5, 0.6) is 0 Å². The van der Waals surface area contributed by atoms with Gasteiger partial charge >= 0.3 is 0 Å². The summed E-state index contributed by atoms with van der Waals surface area (Å²) in [6.45, 7) is 3.18. The first-order valence-electron chi connectivity index (χ1n) is 8.29. The maximum Gasteiger partial charge on any atom is 0.168 e. The predicted molar refractivity (Wildman–Crippen MR) is 97.9 cm³/mol. The van der Waals surface area contributed by atoms with E-state index in [1.54, 1.807) is 36.4 Å². The zero-order valence-electron chi connectivity index (χ0n) is 14.4. The molecule has 26 heavy (non-hydrogen) atoms. The monoisotopic (exact) mass is 358 g/mol. The smallest absolute Gasteiger partial charge is 0.168 e. The van der Waals surface area contributed by atoms with Crippen molar-refractivity contribution < 1.29 is 19.1 Å². The lowest BCUT2D eigenvalue weighted by atomic mass is 10.3. The molecule has 0 amide bonds. The van der Waals surface area contributed by atoms with E-state index in [-0.39, 0.29) is 0 Å². The summed E-state index contributed by atoms with van der Waals surface area (Å²) in [5.41, 5.74) is 0.789. The topological polar surface area (TPSA) is 102 Å². The van der Waals surface area contributed by atoms with Gasteiger partial charge in [0.2, 0.25) is 0 Å². The van der Waals surface area contributed by atoms with Gasteiger partial charge in [0.25, 0.3) is 0 Å². The number of carbonyl (C=O) groups excluding carboxylic acids is 2. The van der Waals surface area contributed by atoms with Gasteiger partial charge in [-0.25, -0.2) is 9.97 Å². The summed E-state index contributed by atoms with van der Waals surface area (Å²) in [6, 6.07) is 10.4. The van der Waals surface area contributed by atoms with Gasteiger partial charge in [-0.2, -0.15) is 0 Å². The molecule has 8 heteroatoms. The molecule has 0 bridgehead atoms. The van der Waals surface area contributed by atoms with Crippen LogP contribution in [0.4, 0.5) is 11.6 Å². The van der Waals surface area contributed by atoms with Crippen molar-refractivity contribution in [3.8, 4) is 0 Å². The van der Waals surface area contributed by atoms with Crippen LogP contribution < -0.4 is 10.6 Å². The minimum Gasteiger partial charge on any atom is -0.377 e. The van der Waals surface area contributed by atoms with Crippen LogP contribution >= 0.6 is 0 Å². The minimum absolute atomic E-state index is 0.394. The fraction of sp³-hybridized carbons (Fsp3) is 0.333. The first kappa shape index (κ1) is 19.5. The number of carbonyl (C=O) groups is 2. The molecule has 0 aromatic carbocycles. The van der Waals surface area contributed by atoms with Crippen LogP contribution in [0, 0.1) is 0 Å². The van der Waals surface area contributed by atoms with E-state index in [4.69, 9.17) is 9.47 Å². The molecule has 0 aliphatic rings. The molecule has 138 valence electrons. The first-order valence-corrected chi connectivity index (χ1v) is 8.29. The Morgan fingerprint density at radius 3 is 1.62 bits per heavy atom. The van der Waals surface area contributed by atoms with E-state index in [1.165, 1.54) is 0 Å². The summed E-state index contributed by atoms with van der Waals surface area (Å²) < 4.78 is 10.9. The summed E-state index contributed by atoms with van der Waals surface area (Å²) in [7, 11) is 0. The lowest BCUT2D eigenvalue weighted by Gasteiger charge is -2.08. The Morgan fingerprint density at radius 1 is 0.731 bits per heavy atom. The Balaban J connectivity index is 1.45. The number of anilines is 2. The molecule has 2 rings (SSSR count). The quantitative estimate of drug-likeness (QED) is 0.412. The zero-order valence-corrected chi connectivity index (χ0v) is 14.4. The van der Waals surface area contributed by atoms with Gasteiger partial charge in [-0.1, -0.05) is 12.1 Å². The van der Waals surface area contributed by atoms with Crippen molar-refractivity contribution in [1.82, 2.24) is 9.97 Å². The summed E-state index contributed by atoms with van der Waals surface area (Å²) >= 11 is 0. The average Bonchev–Trinajstić information content (AvgIpc) is 2.69. The van der Waals surface area contributed by atoms with Crippen LogP contribution in [0.3, 0.4) is 0 Å². The lowest BCUT2D eigenvalue weighted by molar-refractivity contribution is 0.0556. The molecule has 0 fully saturated rings. The van der Waals surface area contributed by atoms with Crippen LogP contribution in [-0.4, -0.2) is 62.1 Å². The molecule has 0 radical (unpaired) electrons. The van der Waals surface area contributed by atoms with Crippen LogP contribution in [0.25, 0.3) is 0 Å². The molecule has 2 aromatic heterocycles. The first-order chi connectivity index (χ1) is 12.8. The van der Waals surface area contributed by atoms with Crippen LogP contribution in [0.2, 0.25) is 0 Å². The van der Waals surface area contributed by atoms with Gasteiger partial charge in [0.15, 0.2) is 12.6 Å². The van der Waals surface area contributed by atoms with Crippen molar-refractivity contribution in [3.63, 3.8) is 0 Å². The number of rotatable bonds is 13. The highest BCUT2D eigenvalue weighted by Gasteiger charge is 1.97. The van der Waals surface area contributed by atoms with E-state index in [1.807, 2.05) is 0 Å². The summed E-state index contributed by atoms with van der Waals surface area (Å²) in [5, 5.41) is 6.16. The van der Waals surface area contributed by atoms with Crippen molar-refractivity contribution in [2.45, 2.75) is 0 Å². The largest absolute Gasteiger partial charge is 0.377 e. The number of hydrogen-bond acceptors (Lipinski definition) is 8. The number of ether oxygens (including phenoxy) is 2. The molecule has 0 saturated carbocycles. The standard InChI is InChI=1S/C18H22N4O4/c23-13-15-3-1-5-17(21-15)19-7-9-25-11-12-26-10-8-20-18-6-2-4-16(14-24)22-18/h1-6,13-14H,7-12H2,(H,19,21)(H,20,22). The number of nitrogens with one attached hydrogen (secondary N) is 2. The average molecular weight is 358 g/mol. The highest BCUT2D eigenvalue weighted by Crippen LogP contribution is 2.03. The molecule has 0 aliphatic carbocycles. The van der Waals surface area contributed by atoms with E-state index < -0.39 is 0 Å². The third-order valence-electron chi connectivity index (χ3n) is 3.26. The molecule has 2 heterocycles. The van der Waals surface area contributed by atoms with Crippen LogP contribution in [-0.2, 0) is 9.47 Å². The zero-order chi connectivity index (χ0) is 18.5. The Hall–Kier alpha value is -2.84. The molecule has 8 nitrogen and oxygen atoms in total. The van der Waals surface area contributed by atoms with E-state index in [9.17, 15) is 9.59 Å². The highest BCUT2D eigenvalue weighted by molar-refractivity contribution is 5.72. The van der Waals surface area contributed by atoms with Crippen molar-refractivity contribution >= 4 is 24.2 Å². The van der Waals surface area contributed by atoms with Crippen molar-refractivity contribution in [1.29, 1.82) is 0 Å². The van der Waals surface area contributed by atoms with E-state index in [2.05, 4.69) is 20.6 Å². The highest BCUT2D eigenvalue weighted by atomic mass is 16.5. The Morgan fingerprint density at radius 2 is 1.19 bits per heavy atom. The van der Waals surface area contributed by atoms with Gasteiger partial charge in [-0.3, -0.25) is 9.59 Å². The molecule has 2 aromatic rings. The number of nitrogens with zero attached hydrogens (tertiary/aromatic N) is 2. The molecule has 0 atom stereocenters. The van der Waals surface area contributed by atoms with E-state index in [0.717, 1.165) is 0 Å². The molecule has 0 unspecified atom stereocenters. The van der Waals surface area contributed by atoms with Crippen molar-refractivity contribution in [3.05, 3.63) is 47.8 Å². The fourth-order valence-electron chi connectivity index (χ4n) is 2.06. The second kappa shape index (κ2) is 11.7. The van der Waals surface area contributed by atoms with E-state index in [0.29, 0.717) is 75.1 Å². The normalized spacial score (nSPS) is 10.3. The molecule has 0 spiro atoms. The third-order valence-corrected chi connectivity index (χ3v) is 3.26. The molecule has 0 saturated heterocycles. The van der Waals surface area contributed by atoms with Gasteiger partial charge in [0.05, 0.1) is 26.4 Å². The van der Waals surface area contributed by atoms with Crippen molar-refractivity contribution in [2.75, 3.05) is 50.2 Å². The number of aromatic nitrogens is 2. The summed E-state index contributed by atoms with van der Waals surface area (Å²) in [4.78, 5) is 29.5. The molecular formula is C18H22N4O4. The lowest BCUT2D eigenvalue weighted by Crippen LogP contribution is -2.15. The second-order valence-corrected chi connectivity index (χ2v) is 5.21. The third kappa shape index (κ3) is 7.37. The maximum atomic E-state index is 10.6. The van der Waals surface area contributed by atoms with Crippen LogP contribution in [0.1, 0.15) is 21.0 Å². The van der Waals surface area contributed by atoms with Gasteiger partial charge in [-0.15, -0.1) is 0 Å². The van der Waals surface area contributed by atoms with Crippen LogP contribution in [0.15, 0.2) is 36.4 Å². The minimum atomic E-state index is 0.394. The SMILES string of the molecule is O=Cc1cccc(NCCOCCOCCNc2cccc(C=O)n2)n1. The van der Waals surface area contributed by atoms with Crippen molar-refractivity contribution in [2.24, 2.45) is 0 Å². The number of aldehydes is 2. The summed E-state index contributed by atoms with van der Waals surface area (Å²) in [6.07, 6.45) is 1.42. The fourth-order valence-corrected chi connectivity index (χ4v) is 2.06. The Kier molecular flexibility index (Phi) is 8.74. The summed E-state index contributed by atoms with van der Waals surface area (Å²) in [5.74, 6) is 1.29. The Labute approximate surface area is 151 Å². The second-order valence-electron chi connectivity index (χ2n) is 5.21. The van der Waals surface area contributed by atoms with Gasteiger partial charge < -0.3 is 20.1 Å². The van der Waals surface area contributed by atoms with E-state index >= 15 is 0 Å². The Bertz CT molecular complexity index is 637. The molecule has 0 aliphatic heterocycles. The maximum absolute atomic E-state index is 10.6. The van der Waals surface area contributed by atoms with Gasteiger partial charge in [-0.05, 0) is 24.3 Å².